The van der Waals surface area contributed by atoms with Gasteiger partial charge in [-0.25, -0.2) is 5.43 Å². The first kappa shape index (κ1) is 17.9. The van der Waals surface area contributed by atoms with Crippen molar-refractivity contribution in [2.75, 3.05) is 18.4 Å². The second kappa shape index (κ2) is 8.43. The predicted octanol–water partition coefficient (Wildman–Crippen LogP) is 1.98. The molecule has 0 bridgehead atoms. The molecule has 8 heteroatoms. The molecule has 0 amide bonds. The van der Waals surface area contributed by atoms with Gasteiger partial charge in [0.05, 0.1) is 13.3 Å². The highest BCUT2D eigenvalue weighted by molar-refractivity contribution is 5.79. The van der Waals surface area contributed by atoms with Gasteiger partial charge >= 0.3 is 0 Å². The number of nitrogens with two attached hydrogens (primary N) is 1. The zero-order valence-electron chi connectivity index (χ0n) is 14.6. The largest absolute Gasteiger partial charge is 0.497 e. The number of ether oxygens (including phenoxy) is 1. The van der Waals surface area contributed by atoms with E-state index in [9.17, 15) is 4.79 Å². The van der Waals surface area contributed by atoms with E-state index in [1.54, 1.807) is 25.5 Å². The van der Waals surface area contributed by atoms with Crippen LogP contribution in [0.25, 0.3) is 12.2 Å². The summed E-state index contributed by atoms with van der Waals surface area (Å²) in [7, 11) is 1.60. The lowest BCUT2D eigenvalue weighted by Gasteiger charge is -2.05. The third-order valence-electron chi connectivity index (χ3n) is 3.65. The van der Waals surface area contributed by atoms with Gasteiger partial charge in [0.25, 0.3) is 11.5 Å². The van der Waals surface area contributed by atoms with Crippen LogP contribution in [0.3, 0.4) is 0 Å². The van der Waals surface area contributed by atoms with Gasteiger partial charge in [0.1, 0.15) is 5.75 Å². The predicted molar refractivity (Wildman–Crippen MR) is 106 cm³/mol. The summed E-state index contributed by atoms with van der Waals surface area (Å²) >= 11 is 0. The van der Waals surface area contributed by atoms with Gasteiger partial charge < -0.3 is 10.6 Å². The Labute approximate surface area is 155 Å². The zero-order valence-corrected chi connectivity index (χ0v) is 14.6. The highest BCUT2D eigenvalue weighted by Gasteiger charge is 2.07. The van der Waals surface area contributed by atoms with E-state index in [2.05, 4.69) is 20.7 Å². The van der Waals surface area contributed by atoms with Gasteiger partial charge in [-0.05, 0) is 29.3 Å². The average molecular weight is 362 g/mol. The second-order valence-electron chi connectivity index (χ2n) is 5.47. The lowest BCUT2D eigenvalue weighted by atomic mass is 10.2. The van der Waals surface area contributed by atoms with Crippen molar-refractivity contribution >= 4 is 24.3 Å². The van der Waals surface area contributed by atoms with Gasteiger partial charge in [-0.3, -0.25) is 4.79 Å². The molecule has 3 aromatic rings. The van der Waals surface area contributed by atoms with Crippen LogP contribution in [0, 0.1) is 0 Å². The summed E-state index contributed by atoms with van der Waals surface area (Å²) in [4.78, 5) is 12.3. The first-order chi connectivity index (χ1) is 13.2. The normalized spacial score (nSPS) is 11.1. The van der Waals surface area contributed by atoms with E-state index in [1.165, 1.54) is 0 Å². The van der Waals surface area contributed by atoms with E-state index in [4.69, 9.17) is 10.6 Å². The van der Waals surface area contributed by atoms with E-state index < -0.39 is 5.56 Å². The minimum atomic E-state index is -0.493. The van der Waals surface area contributed by atoms with E-state index in [1.807, 2.05) is 54.6 Å². The minimum absolute atomic E-state index is 0.0359. The molecule has 0 atom stereocenters. The molecular formula is C19H18N6O2. The monoisotopic (exact) mass is 362 g/mol. The molecule has 0 unspecified atom stereocenters. The number of hydrogen-bond donors (Lipinski definition) is 2. The average Bonchev–Trinajstić information content (AvgIpc) is 2.72. The molecule has 3 N–H and O–H groups in total. The van der Waals surface area contributed by atoms with Crippen molar-refractivity contribution in [3.63, 3.8) is 0 Å². The molecule has 0 aliphatic rings. The fourth-order valence-corrected chi connectivity index (χ4v) is 2.19. The summed E-state index contributed by atoms with van der Waals surface area (Å²) in [5, 5.41) is 11.8. The quantitative estimate of drug-likeness (QED) is 0.394. The third-order valence-corrected chi connectivity index (χ3v) is 3.65. The maximum Gasteiger partial charge on any atom is 0.299 e. The summed E-state index contributed by atoms with van der Waals surface area (Å²) < 4.78 is 5.97. The van der Waals surface area contributed by atoms with Gasteiger partial charge in [-0.2, -0.15) is 9.78 Å². The number of hydrazone groups is 1. The molecule has 0 aliphatic heterocycles. The Morgan fingerprint density at radius 1 is 1.04 bits per heavy atom. The molecule has 27 heavy (non-hydrogen) atoms. The Morgan fingerprint density at radius 3 is 2.48 bits per heavy atom. The van der Waals surface area contributed by atoms with Crippen LogP contribution < -0.4 is 21.6 Å². The molecule has 0 spiro atoms. The lowest BCUT2D eigenvalue weighted by Crippen LogP contribution is -2.32. The molecule has 0 saturated carbocycles. The fraction of sp³-hybridized carbons (Fsp3) is 0.0526. The molecule has 1 aromatic heterocycles. The molecule has 3 rings (SSSR count). The van der Waals surface area contributed by atoms with E-state index in [-0.39, 0.29) is 11.6 Å². The maximum atomic E-state index is 12.3. The van der Waals surface area contributed by atoms with E-state index in [0.29, 0.717) is 0 Å². The number of rotatable bonds is 6. The van der Waals surface area contributed by atoms with Crippen LogP contribution in [0.15, 0.2) is 64.5 Å². The molecule has 8 nitrogen and oxygen atoms in total. The first-order valence-corrected chi connectivity index (χ1v) is 8.08. The van der Waals surface area contributed by atoms with Crippen LogP contribution in [-0.4, -0.2) is 28.2 Å². The van der Waals surface area contributed by atoms with Crippen molar-refractivity contribution in [1.29, 1.82) is 0 Å². The molecule has 0 saturated heterocycles. The standard InChI is InChI=1S/C19H18N6O2/c1-27-16-10-7-14(8-11-16)9-12-17-18(26)25(20)19(24-22-17)23-21-13-15-5-3-2-4-6-15/h2-13H,20H2,1H3,(H,23,24)/b12-9+,21-13+. The van der Waals surface area contributed by atoms with Gasteiger partial charge in [0.15, 0.2) is 5.69 Å². The number of nitrogens with one attached hydrogen (secondary N) is 1. The summed E-state index contributed by atoms with van der Waals surface area (Å²) in [6.45, 7) is 0. The maximum absolute atomic E-state index is 12.3. The highest BCUT2D eigenvalue weighted by atomic mass is 16.5. The van der Waals surface area contributed by atoms with Crippen LogP contribution in [0.5, 0.6) is 5.75 Å². The Bertz CT molecular complexity index is 1010. The number of methoxy groups -OCH3 is 1. The van der Waals surface area contributed by atoms with Crippen LogP contribution in [-0.2, 0) is 0 Å². The van der Waals surface area contributed by atoms with Gasteiger partial charge in [-0.15, -0.1) is 10.2 Å². The van der Waals surface area contributed by atoms with Crippen molar-refractivity contribution in [3.05, 3.63) is 81.8 Å². The summed E-state index contributed by atoms with van der Waals surface area (Å²) in [6, 6.07) is 16.8. The lowest BCUT2D eigenvalue weighted by molar-refractivity contribution is 0.415. The van der Waals surface area contributed by atoms with Crippen LogP contribution in [0.4, 0.5) is 5.95 Å². The van der Waals surface area contributed by atoms with Crippen molar-refractivity contribution in [1.82, 2.24) is 14.9 Å². The number of benzene rings is 2. The first-order valence-electron chi connectivity index (χ1n) is 8.08. The summed E-state index contributed by atoms with van der Waals surface area (Å²) in [5.74, 6) is 6.57. The number of anilines is 1. The Morgan fingerprint density at radius 2 is 1.78 bits per heavy atom. The van der Waals surface area contributed by atoms with Crippen LogP contribution in [0.2, 0.25) is 0 Å². The number of nitrogen functional groups attached to an aromatic ring is 1. The van der Waals surface area contributed by atoms with E-state index in [0.717, 1.165) is 21.6 Å². The van der Waals surface area contributed by atoms with Crippen LogP contribution >= 0.6 is 0 Å². The highest BCUT2D eigenvalue weighted by Crippen LogP contribution is 2.13. The second-order valence-corrected chi connectivity index (χ2v) is 5.47. The molecule has 2 aromatic carbocycles. The summed E-state index contributed by atoms with van der Waals surface area (Å²) in [5.41, 5.74) is 4.01. The van der Waals surface area contributed by atoms with Crippen molar-refractivity contribution in [3.8, 4) is 5.75 Å². The molecular weight excluding hydrogens is 344 g/mol. The van der Waals surface area contributed by atoms with Crippen LogP contribution in [0.1, 0.15) is 16.8 Å². The Hall–Kier alpha value is -3.94. The Balaban J connectivity index is 1.73. The minimum Gasteiger partial charge on any atom is -0.497 e. The molecule has 136 valence electrons. The Kier molecular flexibility index (Phi) is 5.58. The van der Waals surface area contributed by atoms with Gasteiger partial charge in [-0.1, -0.05) is 48.5 Å². The zero-order chi connectivity index (χ0) is 19.1. The molecule has 0 aliphatic carbocycles. The third kappa shape index (κ3) is 4.57. The fourth-order valence-electron chi connectivity index (χ4n) is 2.19. The topological polar surface area (TPSA) is 107 Å². The van der Waals surface area contributed by atoms with Gasteiger partial charge in [0.2, 0.25) is 0 Å². The van der Waals surface area contributed by atoms with E-state index >= 15 is 0 Å². The molecule has 1 heterocycles. The van der Waals surface area contributed by atoms with Crippen molar-refractivity contribution in [2.24, 2.45) is 5.10 Å². The smallest absolute Gasteiger partial charge is 0.299 e. The van der Waals surface area contributed by atoms with Gasteiger partial charge in [0, 0.05) is 0 Å². The molecule has 0 radical (unpaired) electrons. The number of nitrogens with zero attached hydrogens (tertiary/aromatic N) is 4. The molecule has 0 fully saturated rings. The summed E-state index contributed by atoms with van der Waals surface area (Å²) in [6.07, 6.45) is 4.88. The van der Waals surface area contributed by atoms with Crippen molar-refractivity contribution in [2.45, 2.75) is 0 Å². The SMILES string of the molecule is COc1ccc(/C=C/c2nnc(N/N=C/c3ccccc3)n(N)c2=O)cc1. The number of aromatic nitrogens is 3. The van der Waals surface area contributed by atoms with Crippen molar-refractivity contribution < 1.29 is 4.74 Å². The number of hydrogen-bond acceptors (Lipinski definition) is 7.